The number of hydrogen-bond acceptors (Lipinski definition) is 2. The summed E-state index contributed by atoms with van der Waals surface area (Å²) in [6.07, 6.45) is 2.06. The average Bonchev–Trinajstić information content (AvgIpc) is 2.24. The van der Waals surface area contributed by atoms with Crippen molar-refractivity contribution in [3.8, 4) is 5.75 Å². The number of amides is 1. The van der Waals surface area contributed by atoms with Crippen LogP contribution in [0.25, 0.3) is 0 Å². The lowest BCUT2D eigenvalue weighted by molar-refractivity contribution is -0.126. The number of ether oxygens (including phenoxy) is 1. The Morgan fingerprint density at radius 1 is 1.41 bits per heavy atom. The molecule has 3 heteroatoms. The number of rotatable bonds is 5. The van der Waals surface area contributed by atoms with Gasteiger partial charge in [0.05, 0.1) is 13.1 Å². The summed E-state index contributed by atoms with van der Waals surface area (Å²) in [4.78, 5) is 12.2. The summed E-state index contributed by atoms with van der Waals surface area (Å²) in [6.45, 7) is 5.82. The molecule has 0 spiro atoms. The average molecular weight is 233 g/mol. The van der Waals surface area contributed by atoms with Crippen molar-refractivity contribution in [2.45, 2.75) is 26.4 Å². The van der Waals surface area contributed by atoms with Crippen molar-refractivity contribution in [1.29, 1.82) is 0 Å². The summed E-state index contributed by atoms with van der Waals surface area (Å²) in [5, 5.41) is 0. The molecule has 1 heterocycles. The Labute approximate surface area is 102 Å². The van der Waals surface area contributed by atoms with Gasteiger partial charge in [0.25, 0.3) is 0 Å². The van der Waals surface area contributed by atoms with E-state index in [1.165, 1.54) is 5.56 Å². The molecule has 0 saturated carbocycles. The van der Waals surface area contributed by atoms with Crippen LogP contribution in [0, 0.1) is 5.92 Å². The fourth-order valence-electron chi connectivity index (χ4n) is 2.04. The summed E-state index contributed by atoms with van der Waals surface area (Å²) < 4.78 is 5.91. The molecule has 1 aromatic carbocycles. The van der Waals surface area contributed by atoms with Crippen LogP contribution in [-0.4, -0.2) is 30.5 Å². The first-order valence-corrected chi connectivity index (χ1v) is 6.13. The Morgan fingerprint density at radius 3 is 2.76 bits per heavy atom. The van der Waals surface area contributed by atoms with Gasteiger partial charge in [-0.2, -0.15) is 0 Å². The lowest BCUT2D eigenvalue weighted by atomic mass is 10.0. The van der Waals surface area contributed by atoms with Crippen LogP contribution in [0.5, 0.6) is 5.75 Å². The van der Waals surface area contributed by atoms with Crippen LogP contribution >= 0.6 is 0 Å². The minimum atomic E-state index is 0.161. The zero-order valence-corrected chi connectivity index (χ0v) is 10.4. The highest BCUT2D eigenvalue weighted by molar-refractivity contribution is 5.49. The van der Waals surface area contributed by atoms with Gasteiger partial charge in [0.15, 0.2) is 0 Å². The Morgan fingerprint density at radius 2 is 2.12 bits per heavy atom. The smallest absolute Gasteiger partial charge is 0.209 e. The Kier molecular flexibility index (Phi) is 3.67. The van der Waals surface area contributed by atoms with Gasteiger partial charge in [-0.25, -0.2) is 0 Å². The van der Waals surface area contributed by atoms with Crippen LogP contribution in [0.2, 0.25) is 0 Å². The van der Waals surface area contributed by atoms with Gasteiger partial charge in [-0.3, -0.25) is 4.79 Å². The van der Waals surface area contributed by atoms with E-state index in [0.29, 0.717) is 19.0 Å². The van der Waals surface area contributed by atoms with Crippen molar-refractivity contribution in [2.75, 3.05) is 13.1 Å². The molecule has 1 fully saturated rings. The molecule has 0 N–H and O–H groups in total. The Hall–Kier alpha value is -1.51. The summed E-state index contributed by atoms with van der Waals surface area (Å²) >= 11 is 0. The maximum Gasteiger partial charge on any atom is 0.209 e. The van der Waals surface area contributed by atoms with Crippen LogP contribution < -0.4 is 4.74 Å². The minimum absolute atomic E-state index is 0.161. The first-order chi connectivity index (χ1) is 8.19. The van der Waals surface area contributed by atoms with E-state index < -0.39 is 0 Å². The molecule has 1 amide bonds. The molecule has 1 aromatic rings. The predicted octanol–water partition coefficient (Wildman–Crippen LogP) is 2.10. The van der Waals surface area contributed by atoms with E-state index in [0.717, 1.165) is 18.6 Å². The van der Waals surface area contributed by atoms with Crippen LogP contribution in [0.4, 0.5) is 0 Å². The molecule has 0 bridgehead atoms. The second-order valence-electron chi connectivity index (χ2n) is 5.00. The first-order valence-electron chi connectivity index (χ1n) is 6.13. The van der Waals surface area contributed by atoms with Gasteiger partial charge < -0.3 is 9.64 Å². The first kappa shape index (κ1) is 12.0. The second kappa shape index (κ2) is 5.21. The molecule has 1 aliphatic rings. The van der Waals surface area contributed by atoms with Crippen LogP contribution in [0.15, 0.2) is 24.3 Å². The van der Waals surface area contributed by atoms with Gasteiger partial charge in [-0.1, -0.05) is 32.0 Å². The van der Waals surface area contributed by atoms with E-state index >= 15 is 0 Å². The fraction of sp³-hybridized carbons (Fsp3) is 0.500. The lowest BCUT2D eigenvalue weighted by Crippen LogP contribution is -2.52. The number of nitrogens with zero attached hydrogens (tertiary/aromatic N) is 1. The molecule has 0 radical (unpaired) electrons. The van der Waals surface area contributed by atoms with Crippen molar-refractivity contribution < 1.29 is 9.53 Å². The van der Waals surface area contributed by atoms with Crippen molar-refractivity contribution in [2.24, 2.45) is 5.92 Å². The number of para-hydroxylation sites is 1. The summed E-state index contributed by atoms with van der Waals surface area (Å²) in [5.74, 6) is 1.59. The van der Waals surface area contributed by atoms with Crippen molar-refractivity contribution in [3.05, 3.63) is 29.8 Å². The van der Waals surface area contributed by atoms with Gasteiger partial charge in [-0.05, 0) is 24.0 Å². The molecule has 0 unspecified atom stereocenters. The quantitative estimate of drug-likeness (QED) is 0.729. The van der Waals surface area contributed by atoms with Crippen molar-refractivity contribution >= 4 is 6.41 Å². The number of carbonyl (C=O) groups is 1. The highest BCUT2D eigenvalue weighted by Gasteiger charge is 2.27. The van der Waals surface area contributed by atoms with Crippen molar-refractivity contribution in [1.82, 2.24) is 4.90 Å². The monoisotopic (exact) mass is 233 g/mol. The largest absolute Gasteiger partial charge is 0.486 e. The number of likely N-dealkylation sites (tertiary alicyclic amines) is 1. The highest BCUT2D eigenvalue weighted by atomic mass is 16.5. The number of benzene rings is 1. The molecule has 2 rings (SSSR count). The third kappa shape index (κ3) is 2.99. The lowest BCUT2D eigenvalue weighted by Gasteiger charge is -2.36. The zero-order chi connectivity index (χ0) is 12.3. The van der Waals surface area contributed by atoms with E-state index in [1.54, 1.807) is 4.90 Å². The molecule has 1 saturated heterocycles. The Balaban J connectivity index is 1.98. The molecule has 17 heavy (non-hydrogen) atoms. The predicted molar refractivity (Wildman–Crippen MR) is 67.0 cm³/mol. The van der Waals surface area contributed by atoms with Crippen LogP contribution in [-0.2, 0) is 11.2 Å². The van der Waals surface area contributed by atoms with Gasteiger partial charge >= 0.3 is 0 Å². The fourth-order valence-corrected chi connectivity index (χ4v) is 2.04. The normalized spacial score (nSPS) is 15.8. The molecular weight excluding hydrogens is 214 g/mol. The van der Waals surface area contributed by atoms with Gasteiger partial charge in [0, 0.05) is 0 Å². The molecule has 0 aromatic heterocycles. The van der Waals surface area contributed by atoms with E-state index in [9.17, 15) is 4.79 Å². The molecule has 3 nitrogen and oxygen atoms in total. The summed E-state index contributed by atoms with van der Waals surface area (Å²) in [6, 6.07) is 8.17. The van der Waals surface area contributed by atoms with Crippen LogP contribution in [0.1, 0.15) is 19.4 Å². The molecular formula is C14H19NO2. The molecule has 92 valence electrons. The van der Waals surface area contributed by atoms with Gasteiger partial charge in [-0.15, -0.1) is 0 Å². The Bertz CT molecular complexity index is 384. The van der Waals surface area contributed by atoms with E-state index in [2.05, 4.69) is 19.9 Å². The van der Waals surface area contributed by atoms with E-state index in [1.807, 2.05) is 18.2 Å². The van der Waals surface area contributed by atoms with E-state index in [-0.39, 0.29) is 6.10 Å². The second-order valence-corrected chi connectivity index (χ2v) is 5.00. The summed E-state index contributed by atoms with van der Waals surface area (Å²) in [5.41, 5.74) is 1.26. The molecule has 0 atom stereocenters. The minimum Gasteiger partial charge on any atom is -0.486 e. The third-order valence-electron chi connectivity index (χ3n) is 2.92. The van der Waals surface area contributed by atoms with Crippen molar-refractivity contribution in [3.63, 3.8) is 0 Å². The standard InChI is InChI=1S/C14H19NO2/c1-11(2)7-12-5-3-4-6-14(12)17-13-8-15(9-13)10-16/h3-6,10-11,13H,7-9H2,1-2H3. The number of hydrogen-bond donors (Lipinski definition) is 0. The number of carbonyl (C=O) groups excluding carboxylic acids is 1. The highest BCUT2D eigenvalue weighted by Crippen LogP contribution is 2.24. The van der Waals surface area contributed by atoms with Gasteiger partial charge in [0.1, 0.15) is 11.9 Å². The zero-order valence-electron chi connectivity index (χ0n) is 10.4. The third-order valence-corrected chi connectivity index (χ3v) is 2.92. The molecule has 0 aliphatic carbocycles. The van der Waals surface area contributed by atoms with Gasteiger partial charge in [0.2, 0.25) is 6.41 Å². The molecule has 1 aliphatic heterocycles. The maximum atomic E-state index is 10.5. The summed E-state index contributed by atoms with van der Waals surface area (Å²) in [7, 11) is 0. The van der Waals surface area contributed by atoms with Crippen LogP contribution in [0.3, 0.4) is 0 Å². The topological polar surface area (TPSA) is 29.5 Å². The SMILES string of the molecule is CC(C)Cc1ccccc1OC1CN(C=O)C1. The van der Waals surface area contributed by atoms with E-state index in [4.69, 9.17) is 4.74 Å². The maximum absolute atomic E-state index is 10.5.